The Bertz CT molecular complexity index is 1300. The van der Waals surface area contributed by atoms with E-state index in [1.807, 2.05) is 0 Å². The molecular weight excluding hydrogens is 472 g/mol. The van der Waals surface area contributed by atoms with Crippen molar-refractivity contribution in [3.8, 4) is 0 Å². The van der Waals surface area contributed by atoms with Gasteiger partial charge in [-0.15, -0.1) is 0 Å². The Labute approximate surface area is 234 Å². The van der Waals surface area contributed by atoms with Gasteiger partial charge in [0.25, 0.3) is 0 Å². The third kappa shape index (κ3) is 4.79. The lowest BCUT2D eigenvalue weighted by Gasteiger charge is -2.45. The van der Waals surface area contributed by atoms with Crippen molar-refractivity contribution in [2.45, 2.75) is 63.4 Å². The van der Waals surface area contributed by atoms with Crippen molar-refractivity contribution in [1.82, 2.24) is 0 Å². The molecule has 4 aromatic rings. The summed E-state index contributed by atoms with van der Waals surface area (Å²) in [7, 11) is 0. The third-order valence-electron chi connectivity index (χ3n) is 9.40. The van der Waals surface area contributed by atoms with Crippen LogP contribution in [0.2, 0.25) is 0 Å². The number of rotatable bonds is 11. The minimum atomic E-state index is -0.322. The van der Waals surface area contributed by atoms with Crippen LogP contribution in [-0.4, -0.2) is 11.2 Å². The first kappa shape index (κ1) is 25.8. The predicted octanol–water partition coefficient (Wildman–Crippen LogP) is 9.22. The maximum atomic E-state index is 11.6. The molecule has 0 bridgehead atoms. The van der Waals surface area contributed by atoms with Gasteiger partial charge in [-0.05, 0) is 71.3 Å². The number of unbranched alkanes of at least 4 members (excludes halogenated alkanes) is 1. The molecular formula is C38H40O. The van der Waals surface area contributed by atoms with Crippen molar-refractivity contribution >= 4 is 5.57 Å². The molecule has 2 aliphatic rings. The lowest BCUT2D eigenvalue weighted by molar-refractivity contribution is 0.0977. The summed E-state index contributed by atoms with van der Waals surface area (Å²) in [4.78, 5) is 0. The molecule has 2 atom stereocenters. The highest BCUT2D eigenvalue weighted by Gasteiger charge is 2.68. The lowest BCUT2D eigenvalue weighted by atomic mass is 9.58. The molecule has 4 aromatic carbocycles. The van der Waals surface area contributed by atoms with Crippen LogP contribution in [0.3, 0.4) is 0 Å². The molecule has 0 heterocycles. The molecule has 0 aromatic heterocycles. The standard InChI is InChI=1S/C38H40O/c1-2-3-24-33(39)28-38(31-20-12-6-13-21-31,32-22-14-7-15-23-32)37(25-26-37)35-27-34(35)36(29-16-8-4-9-17-29)30-18-10-5-11-19-30/h4-23,33,35,39H,2-3,24-28H2,1H3. The summed E-state index contributed by atoms with van der Waals surface area (Å²) < 4.78 is 0. The lowest BCUT2D eigenvalue weighted by Crippen LogP contribution is -2.42. The van der Waals surface area contributed by atoms with Crippen molar-refractivity contribution in [2.75, 3.05) is 0 Å². The van der Waals surface area contributed by atoms with Gasteiger partial charge < -0.3 is 5.11 Å². The number of aliphatic hydroxyl groups is 1. The van der Waals surface area contributed by atoms with Gasteiger partial charge in [-0.25, -0.2) is 0 Å². The summed E-state index contributed by atoms with van der Waals surface area (Å²) in [5.74, 6) is 0.506. The van der Waals surface area contributed by atoms with Crippen LogP contribution in [0.5, 0.6) is 0 Å². The van der Waals surface area contributed by atoms with Crippen LogP contribution >= 0.6 is 0 Å². The molecule has 6 rings (SSSR count). The zero-order chi connectivity index (χ0) is 26.7. The smallest absolute Gasteiger partial charge is 0.0552 e. The Morgan fingerprint density at radius 1 is 0.744 bits per heavy atom. The van der Waals surface area contributed by atoms with Crippen molar-refractivity contribution in [2.24, 2.45) is 11.3 Å². The molecule has 0 spiro atoms. The molecule has 1 N–H and O–H groups in total. The van der Waals surface area contributed by atoms with Crippen molar-refractivity contribution in [1.29, 1.82) is 0 Å². The topological polar surface area (TPSA) is 20.2 Å². The quantitative estimate of drug-likeness (QED) is 0.212. The van der Waals surface area contributed by atoms with Crippen molar-refractivity contribution in [3.05, 3.63) is 149 Å². The molecule has 2 unspecified atom stereocenters. The number of allylic oxidation sites excluding steroid dienone is 1. The van der Waals surface area contributed by atoms with E-state index >= 15 is 0 Å². The average molecular weight is 513 g/mol. The van der Waals surface area contributed by atoms with Crippen LogP contribution in [0.1, 0.15) is 74.1 Å². The van der Waals surface area contributed by atoms with Gasteiger partial charge in [0, 0.05) is 5.41 Å². The summed E-state index contributed by atoms with van der Waals surface area (Å²) in [6, 6.07) is 44.2. The van der Waals surface area contributed by atoms with Gasteiger partial charge in [0.1, 0.15) is 0 Å². The highest BCUT2D eigenvalue weighted by Crippen LogP contribution is 2.75. The normalized spacial score (nSPS) is 18.4. The third-order valence-corrected chi connectivity index (χ3v) is 9.40. The van der Waals surface area contributed by atoms with Gasteiger partial charge in [-0.3, -0.25) is 0 Å². The first-order valence-electron chi connectivity index (χ1n) is 14.8. The van der Waals surface area contributed by atoms with Gasteiger partial charge in [0.2, 0.25) is 0 Å². The Balaban J connectivity index is 1.52. The van der Waals surface area contributed by atoms with E-state index in [9.17, 15) is 5.11 Å². The average Bonchev–Trinajstić information content (AvgIpc) is 3.93. The summed E-state index contributed by atoms with van der Waals surface area (Å²) in [5, 5.41) is 11.6. The van der Waals surface area contributed by atoms with Crippen LogP contribution in [0.15, 0.2) is 127 Å². The zero-order valence-electron chi connectivity index (χ0n) is 23.1. The fraction of sp³-hybridized carbons (Fsp3) is 0.316. The molecule has 2 saturated carbocycles. The van der Waals surface area contributed by atoms with Gasteiger partial charge in [-0.2, -0.15) is 0 Å². The molecule has 0 radical (unpaired) electrons. The molecule has 1 heteroatoms. The largest absolute Gasteiger partial charge is 0.393 e. The van der Waals surface area contributed by atoms with Gasteiger partial charge in [-0.1, -0.05) is 147 Å². The maximum absolute atomic E-state index is 11.6. The second-order valence-corrected chi connectivity index (χ2v) is 11.7. The zero-order valence-corrected chi connectivity index (χ0v) is 23.1. The summed E-state index contributed by atoms with van der Waals surface area (Å²) >= 11 is 0. The molecule has 0 saturated heterocycles. The molecule has 0 aliphatic heterocycles. The van der Waals surface area contributed by atoms with E-state index in [2.05, 4.69) is 128 Å². The van der Waals surface area contributed by atoms with E-state index in [-0.39, 0.29) is 16.9 Å². The van der Waals surface area contributed by atoms with Crippen LogP contribution in [-0.2, 0) is 5.41 Å². The molecule has 1 nitrogen and oxygen atoms in total. The second kappa shape index (κ2) is 11.0. The van der Waals surface area contributed by atoms with Gasteiger partial charge in [0.15, 0.2) is 0 Å². The van der Waals surface area contributed by atoms with Crippen LogP contribution in [0.4, 0.5) is 0 Å². The van der Waals surface area contributed by atoms with E-state index in [1.54, 1.807) is 5.57 Å². The predicted molar refractivity (Wildman–Crippen MR) is 162 cm³/mol. The summed E-state index contributed by atoms with van der Waals surface area (Å²) in [5.41, 5.74) is 8.21. The monoisotopic (exact) mass is 512 g/mol. The Morgan fingerprint density at radius 3 is 1.64 bits per heavy atom. The first-order valence-corrected chi connectivity index (χ1v) is 14.8. The highest BCUT2D eigenvalue weighted by molar-refractivity contribution is 5.85. The first-order chi connectivity index (χ1) is 19.2. The Morgan fingerprint density at radius 2 is 1.21 bits per heavy atom. The molecule has 0 amide bonds. The second-order valence-electron chi connectivity index (χ2n) is 11.7. The Hall–Kier alpha value is -3.42. The van der Waals surface area contributed by atoms with Crippen LogP contribution < -0.4 is 0 Å². The van der Waals surface area contributed by atoms with Crippen LogP contribution in [0, 0.1) is 11.3 Å². The highest BCUT2D eigenvalue weighted by atomic mass is 16.3. The van der Waals surface area contributed by atoms with Crippen molar-refractivity contribution < 1.29 is 5.11 Å². The molecule has 2 fully saturated rings. The maximum Gasteiger partial charge on any atom is 0.0552 e. The van der Waals surface area contributed by atoms with E-state index in [4.69, 9.17) is 0 Å². The number of benzene rings is 4. The summed E-state index contributed by atoms with van der Waals surface area (Å²) in [6.45, 7) is 2.21. The number of hydrogen-bond donors (Lipinski definition) is 1. The van der Waals surface area contributed by atoms with Gasteiger partial charge >= 0.3 is 0 Å². The van der Waals surface area contributed by atoms with E-state index in [0.29, 0.717) is 5.92 Å². The Kier molecular flexibility index (Phi) is 7.28. The SMILES string of the molecule is CCCCC(O)CC(c1ccccc1)(c1ccccc1)C1(C2CC2=C(c2ccccc2)c2ccccc2)CC1. The fourth-order valence-electron chi connectivity index (χ4n) is 7.44. The van der Waals surface area contributed by atoms with Gasteiger partial charge in [0.05, 0.1) is 6.10 Å². The minimum absolute atomic E-state index is 0.104. The van der Waals surface area contributed by atoms with E-state index < -0.39 is 0 Å². The molecule has 39 heavy (non-hydrogen) atoms. The fourth-order valence-corrected chi connectivity index (χ4v) is 7.44. The molecule has 2 aliphatic carbocycles. The van der Waals surface area contributed by atoms with E-state index in [1.165, 1.54) is 40.7 Å². The minimum Gasteiger partial charge on any atom is -0.393 e. The van der Waals surface area contributed by atoms with Crippen LogP contribution in [0.25, 0.3) is 5.57 Å². The van der Waals surface area contributed by atoms with Crippen molar-refractivity contribution in [3.63, 3.8) is 0 Å². The summed E-state index contributed by atoms with van der Waals surface area (Å²) in [6.07, 6.45) is 7.01. The van der Waals surface area contributed by atoms with E-state index in [0.717, 1.165) is 32.1 Å². The molecule has 198 valence electrons. The number of hydrogen-bond acceptors (Lipinski definition) is 1. The number of aliphatic hydroxyl groups excluding tert-OH is 1.